The molecule has 7 nitrogen and oxygen atoms in total. The second kappa shape index (κ2) is 8.01. The predicted molar refractivity (Wildman–Crippen MR) is 101 cm³/mol. The van der Waals surface area contributed by atoms with Gasteiger partial charge in [-0.05, 0) is 43.3 Å². The van der Waals surface area contributed by atoms with Crippen molar-refractivity contribution in [1.29, 1.82) is 0 Å². The van der Waals surface area contributed by atoms with Crippen LogP contribution < -0.4 is 10.9 Å². The normalized spacial score (nSPS) is 11.8. The van der Waals surface area contributed by atoms with Crippen LogP contribution in [0, 0.1) is 0 Å². The third-order valence-electron chi connectivity index (χ3n) is 3.82. The van der Waals surface area contributed by atoms with E-state index in [-0.39, 0.29) is 17.9 Å². The monoisotopic (exact) mass is 385 g/mol. The Morgan fingerprint density at radius 1 is 1.19 bits per heavy atom. The second-order valence-electron chi connectivity index (χ2n) is 5.79. The molecule has 1 aromatic heterocycles. The number of H-pyrrole nitrogens is 1. The molecule has 138 valence electrons. The van der Waals surface area contributed by atoms with E-state index in [9.17, 15) is 14.4 Å². The molecule has 2 N–H and O–H groups in total. The van der Waals surface area contributed by atoms with E-state index in [4.69, 9.17) is 16.3 Å². The number of ether oxygens (including phenoxy) is 1. The Morgan fingerprint density at radius 3 is 2.63 bits per heavy atom. The highest BCUT2D eigenvalue weighted by atomic mass is 35.5. The minimum absolute atomic E-state index is 0.232. The standard InChI is InChI=1S/C19H16ClN3O4/c1-11(17-22-15-5-3-2-4-14(15)19(26)23-17)27-16(24)10-21-18(25)12-6-8-13(20)9-7-12/h2-9,11H,10H2,1H3,(H,21,25)(H,22,23,26)/t11-/m0/s1. The molecule has 3 rings (SSSR count). The Kier molecular flexibility index (Phi) is 5.52. The van der Waals surface area contributed by atoms with Crippen molar-refractivity contribution >= 4 is 34.4 Å². The summed E-state index contributed by atoms with van der Waals surface area (Å²) < 4.78 is 5.24. The van der Waals surface area contributed by atoms with Crippen LogP contribution in [-0.4, -0.2) is 28.4 Å². The average Bonchev–Trinajstić information content (AvgIpc) is 2.66. The summed E-state index contributed by atoms with van der Waals surface area (Å²) in [4.78, 5) is 43.0. The molecule has 0 aliphatic heterocycles. The van der Waals surface area contributed by atoms with Crippen LogP contribution in [0.15, 0.2) is 53.3 Å². The van der Waals surface area contributed by atoms with E-state index in [2.05, 4.69) is 15.3 Å². The van der Waals surface area contributed by atoms with Crippen molar-refractivity contribution < 1.29 is 14.3 Å². The van der Waals surface area contributed by atoms with Gasteiger partial charge in [0.25, 0.3) is 11.5 Å². The molecule has 0 fully saturated rings. The molecule has 0 unspecified atom stereocenters. The maximum absolute atomic E-state index is 12.1. The molecule has 27 heavy (non-hydrogen) atoms. The number of aromatic amines is 1. The third kappa shape index (κ3) is 4.51. The molecule has 0 aliphatic rings. The van der Waals surface area contributed by atoms with Crippen LogP contribution in [0.1, 0.15) is 29.2 Å². The summed E-state index contributed by atoms with van der Waals surface area (Å²) in [5.74, 6) is -0.842. The first-order chi connectivity index (χ1) is 12.9. The highest BCUT2D eigenvalue weighted by Crippen LogP contribution is 2.14. The molecule has 0 aliphatic carbocycles. The quantitative estimate of drug-likeness (QED) is 0.657. The average molecular weight is 386 g/mol. The minimum Gasteiger partial charge on any atom is -0.453 e. The van der Waals surface area contributed by atoms with Gasteiger partial charge in [0.1, 0.15) is 6.54 Å². The Morgan fingerprint density at radius 2 is 1.89 bits per heavy atom. The Hall–Kier alpha value is -3.19. The number of carbonyl (C=O) groups is 2. The number of amides is 1. The van der Waals surface area contributed by atoms with Gasteiger partial charge >= 0.3 is 5.97 Å². The maximum atomic E-state index is 12.1. The first kappa shape index (κ1) is 18.6. The number of nitrogens with zero attached hydrogens (tertiary/aromatic N) is 1. The lowest BCUT2D eigenvalue weighted by Gasteiger charge is -2.13. The van der Waals surface area contributed by atoms with Crippen molar-refractivity contribution in [2.45, 2.75) is 13.0 Å². The summed E-state index contributed by atoms with van der Waals surface area (Å²) in [6.45, 7) is 1.27. The number of hydrogen-bond acceptors (Lipinski definition) is 5. The van der Waals surface area contributed by atoms with Crippen LogP contribution in [0.3, 0.4) is 0 Å². The molecule has 3 aromatic rings. The van der Waals surface area contributed by atoms with Gasteiger partial charge in [-0.15, -0.1) is 0 Å². The van der Waals surface area contributed by atoms with Crippen molar-refractivity contribution in [3.8, 4) is 0 Å². The lowest BCUT2D eigenvalue weighted by Crippen LogP contribution is -2.31. The van der Waals surface area contributed by atoms with Crippen molar-refractivity contribution in [3.63, 3.8) is 0 Å². The zero-order valence-electron chi connectivity index (χ0n) is 14.4. The molecule has 2 aromatic carbocycles. The predicted octanol–water partition coefficient (Wildman–Crippen LogP) is 2.61. The molecule has 1 amide bonds. The number of rotatable bonds is 5. The summed E-state index contributed by atoms with van der Waals surface area (Å²) in [5.41, 5.74) is 0.575. The lowest BCUT2D eigenvalue weighted by molar-refractivity contribution is -0.147. The van der Waals surface area contributed by atoms with E-state index in [0.717, 1.165) is 0 Å². The SMILES string of the molecule is C[C@H](OC(=O)CNC(=O)c1ccc(Cl)cc1)c1nc2ccccc2c(=O)[nH]1. The van der Waals surface area contributed by atoms with Crippen LogP contribution in [0.2, 0.25) is 5.02 Å². The van der Waals surface area contributed by atoms with Gasteiger partial charge in [-0.3, -0.25) is 14.4 Å². The summed E-state index contributed by atoms with van der Waals surface area (Å²) in [7, 11) is 0. The Bertz CT molecular complexity index is 1050. The molecule has 0 saturated heterocycles. The number of nitrogens with one attached hydrogen (secondary N) is 2. The molecule has 0 saturated carbocycles. The van der Waals surface area contributed by atoms with E-state index in [1.54, 1.807) is 55.5 Å². The van der Waals surface area contributed by atoms with Gasteiger partial charge in [-0.2, -0.15) is 0 Å². The van der Waals surface area contributed by atoms with E-state index in [1.807, 2.05) is 0 Å². The number of hydrogen-bond donors (Lipinski definition) is 2. The van der Waals surface area contributed by atoms with Crippen LogP contribution in [-0.2, 0) is 9.53 Å². The molecule has 1 atom stereocenters. The highest BCUT2D eigenvalue weighted by molar-refractivity contribution is 6.30. The second-order valence-corrected chi connectivity index (χ2v) is 6.23. The smallest absolute Gasteiger partial charge is 0.326 e. The Labute approximate surface area is 159 Å². The van der Waals surface area contributed by atoms with Crippen LogP contribution in [0.4, 0.5) is 0 Å². The molecule has 1 heterocycles. The third-order valence-corrected chi connectivity index (χ3v) is 4.08. The van der Waals surface area contributed by atoms with E-state index >= 15 is 0 Å². The van der Waals surface area contributed by atoms with E-state index < -0.39 is 18.0 Å². The maximum Gasteiger partial charge on any atom is 0.326 e. The zero-order valence-corrected chi connectivity index (χ0v) is 15.1. The van der Waals surface area contributed by atoms with Crippen LogP contribution >= 0.6 is 11.6 Å². The first-order valence-corrected chi connectivity index (χ1v) is 8.54. The Balaban J connectivity index is 1.61. The van der Waals surface area contributed by atoms with Gasteiger partial charge in [0.05, 0.1) is 10.9 Å². The van der Waals surface area contributed by atoms with Crippen molar-refractivity contribution in [2.75, 3.05) is 6.54 Å². The largest absolute Gasteiger partial charge is 0.453 e. The molecule has 0 spiro atoms. The number of aromatic nitrogens is 2. The van der Waals surface area contributed by atoms with Gasteiger partial charge < -0.3 is 15.0 Å². The minimum atomic E-state index is -0.776. The number of benzene rings is 2. The van der Waals surface area contributed by atoms with Gasteiger partial charge in [-0.1, -0.05) is 23.7 Å². The highest BCUT2D eigenvalue weighted by Gasteiger charge is 2.16. The van der Waals surface area contributed by atoms with Gasteiger partial charge in [0, 0.05) is 10.6 Å². The number of para-hydroxylation sites is 1. The van der Waals surface area contributed by atoms with Crippen molar-refractivity contribution in [1.82, 2.24) is 15.3 Å². The number of esters is 1. The number of carbonyl (C=O) groups excluding carboxylic acids is 2. The zero-order chi connectivity index (χ0) is 19.4. The first-order valence-electron chi connectivity index (χ1n) is 8.16. The fourth-order valence-corrected chi connectivity index (χ4v) is 2.57. The summed E-state index contributed by atoms with van der Waals surface area (Å²) in [6, 6.07) is 13.1. The van der Waals surface area contributed by atoms with Crippen molar-refractivity contribution in [2.24, 2.45) is 0 Å². The van der Waals surface area contributed by atoms with E-state index in [1.165, 1.54) is 0 Å². The number of fused-ring (bicyclic) bond motifs is 1. The molecular weight excluding hydrogens is 370 g/mol. The van der Waals surface area contributed by atoms with Crippen molar-refractivity contribution in [3.05, 3.63) is 75.3 Å². The number of halogens is 1. The molecule has 0 radical (unpaired) electrons. The molecular formula is C19H16ClN3O4. The van der Waals surface area contributed by atoms with Gasteiger partial charge in [0.15, 0.2) is 11.9 Å². The van der Waals surface area contributed by atoms with E-state index in [0.29, 0.717) is 21.5 Å². The van der Waals surface area contributed by atoms with Gasteiger partial charge in [0.2, 0.25) is 0 Å². The fraction of sp³-hybridized carbons (Fsp3) is 0.158. The van der Waals surface area contributed by atoms with Crippen LogP contribution in [0.5, 0.6) is 0 Å². The van der Waals surface area contributed by atoms with Gasteiger partial charge in [-0.25, -0.2) is 4.98 Å². The topological polar surface area (TPSA) is 101 Å². The summed E-state index contributed by atoms with van der Waals surface area (Å²) >= 11 is 5.77. The molecule has 8 heteroatoms. The summed E-state index contributed by atoms with van der Waals surface area (Å²) in [6.07, 6.45) is -0.776. The molecule has 0 bridgehead atoms. The lowest BCUT2D eigenvalue weighted by atomic mass is 10.2. The summed E-state index contributed by atoms with van der Waals surface area (Å²) in [5, 5.41) is 3.43. The van der Waals surface area contributed by atoms with Crippen LogP contribution in [0.25, 0.3) is 10.9 Å². The fourth-order valence-electron chi connectivity index (χ4n) is 2.45.